The summed E-state index contributed by atoms with van der Waals surface area (Å²) in [7, 11) is 2.82. The molecule has 6 nitrogen and oxygen atoms in total. The first-order chi connectivity index (χ1) is 14.8. The van der Waals surface area contributed by atoms with Crippen LogP contribution in [0.15, 0.2) is 54.6 Å². The average Bonchev–Trinajstić information content (AvgIpc) is 3.23. The second kappa shape index (κ2) is 7.93. The van der Waals surface area contributed by atoms with Gasteiger partial charge in [-0.15, -0.1) is 0 Å². The summed E-state index contributed by atoms with van der Waals surface area (Å²) in [5.74, 6) is -2.36. The lowest BCUT2D eigenvalue weighted by Gasteiger charge is -2.33. The molecule has 162 valence electrons. The van der Waals surface area contributed by atoms with E-state index in [0.717, 1.165) is 16.7 Å². The van der Waals surface area contributed by atoms with Gasteiger partial charge in [-0.05, 0) is 29.0 Å². The Morgan fingerprint density at radius 3 is 2.23 bits per heavy atom. The normalized spacial score (nSPS) is 27.6. The Bertz CT molecular complexity index is 1000. The zero-order chi connectivity index (χ0) is 22.3. The number of ether oxygens (including phenoxy) is 1. The van der Waals surface area contributed by atoms with Crippen LogP contribution in [0.5, 0.6) is 0 Å². The maximum absolute atomic E-state index is 13.1. The largest absolute Gasteiger partial charge is 0.468 e. The van der Waals surface area contributed by atoms with E-state index in [4.69, 9.17) is 4.74 Å². The predicted octanol–water partition coefficient (Wildman–Crippen LogP) is 3.19. The lowest BCUT2D eigenvalue weighted by Crippen LogP contribution is -2.56. The molecular formula is C25H28N2O4. The van der Waals surface area contributed by atoms with Crippen molar-refractivity contribution in [3.63, 3.8) is 0 Å². The molecule has 2 heterocycles. The van der Waals surface area contributed by atoms with Crippen LogP contribution in [-0.2, 0) is 19.1 Å². The summed E-state index contributed by atoms with van der Waals surface area (Å²) in [6.45, 7) is 3.99. The summed E-state index contributed by atoms with van der Waals surface area (Å²) in [6.07, 6.45) is 0.409. The predicted molar refractivity (Wildman–Crippen MR) is 117 cm³/mol. The molecule has 0 radical (unpaired) electrons. The molecule has 2 aliphatic heterocycles. The molecule has 4 rings (SSSR count). The monoisotopic (exact) mass is 420 g/mol. The van der Waals surface area contributed by atoms with Crippen LogP contribution in [0.3, 0.4) is 0 Å². The Balaban J connectivity index is 1.77. The quantitative estimate of drug-likeness (QED) is 0.594. The van der Waals surface area contributed by atoms with Crippen molar-refractivity contribution in [3.05, 3.63) is 60.2 Å². The van der Waals surface area contributed by atoms with Gasteiger partial charge < -0.3 is 4.74 Å². The van der Waals surface area contributed by atoms with Crippen molar-refractivity contribution in [2.24, 2.45) is 17.8 Å². The summed E-state index contributed by atoms with van der Waals surface area (Å²) >= 11 is 0. The number of carbonyl (C=O) groups is 3. The van der Waals surface area contributed by atoms with Crippen molar-refractivity contribution in [2.75, 3.05) is 14.2 Å². The number of esters is 1. The van der Waals surface area contributed by atoms with Crippen LogP contribution in [0.1, 0.15) is 31.9 Å². The number of methoxy groups -OCH3 is 1. The van der Waals surface area contributed by atoms with Gasteiger partial charge in [0.15, 0.2) is 0 Å². The molecule has 0 aromatic heterocycles. The number of nitrogens with zero attached hydrogens (tertiary/aromatic N) is 1. The van der Waals surface area contributed by atoms with Crippen LogP contribution in [0, 0.1) is 17.8 Å². The number of fused-ring (bicyclic) bond motifs is 1. The molecule has 0 aliphatic carbocycles. The van der Waals surface area contributed by atoms with Crippen LogP contribution in [0.2, 0.25) is 0 Å². The minimum absolute atomic E-state index is 0.125. The van der Waals surface area contributed by atoms with Crippen LogP contribution < -0.4 is 5.32 Å². The first-order valence-electron chi connectivity index (χ1n) is 10.6. The van der Waals surface area contributed by atoms with E-state index in [1.165, 1.54) is 19.1 Å². The van der Waals surface area contributed by atoms with E-state index in [-0.39, 0.29) is 17.7 Å². The Morgan fingerprint density at radius 1 is 1.03 bits per heavy atom. The first-order valence-corrected chi connectivity index (χ1v) is 10.6. The fourth-order valence-electron chi connectivity index (χ4n) is 5.23. The highest BCUT2D eigenvalue weighted by molar-refractivity contribution is 6.09. The fourth-order valence-corrected chi connectivity index (χ4v) is 5.23. The Morgan fingerprint density at radius 2 is 1.65 bits per heavy atom. The number of imide groups is 1. The lowest BCUT2D eigenvalue weighted by molar-refractivity contribution is -0.154. The number of likely N-dealkylation sites (tertiary alicyclic amines) is 1. The van der Waals surface area contributed by atoms with Crippen LogP contribution >= 0.6 is 0 Å². The smallest absolute Gasteiger partial charge is 0.326 e. The molecule has 1 N–H and O–H groups in total. The minimum atomic E-state index is -1.23. The number of amides is 2. The SMILES string of the molecule is COC(=O)[C@]1(CC(C)C)N[C@H](c2ccc(-c3ccccc3)cc2)[C@@H]2C(=O)N(C)C(=O)[C@@H]21. The van der Waals surface area contributed by atoms with Gasteiger partial charge in [-0.1, -0.05) is 68.4 Å². The molecular weight excluding hydrogens is 392 g/mol. The number of hydrogen-bond donors (Lipinski definition) is 1. The van der Waals surface area contributed by atoms with Gasteiger partial charge >= 0.3 is 5.97 Å². The summed E-state index contributed by atoms with van der Waals surface area (Å²) in [6, 6.07) is 17.5. The second-order valence-electron chi connectivity index (χ2n) is 8.91. The van der Waals surface area contributed by atoms with Gasteiger partial charge in [0.05, 0.1) is 18.9 Å². The summed E-state index contributed by atoms with van der Waals surface area (Å²) < 4.78 is 5.14. The molecule has 6 heteroatoms. The fraction of sp³-hybridized carbons (Fsp3) is 0.400. The minimum Gasteiger partial charge on any atom is -0.468 e. The number of nitrogens with one attached hydrogen (secondary N) is 1. The third kappa shape index (κ3) is 3.35. The van der Waals surface area contributed by atoms with Gasteiger partial charge in [0.1, 0.15) is 5.54 Å². The second-order valence-corrected chi connectivity index (χ2v) is 8.91. The lowest BCUT2D eigenvalue weighted by atomic mass is 9.75. The maximum atomic E-state index is 13.1. The molecule has 2 aromatic rings. The molecule has 31 heavy (non-hydrogen) atoms. The third-order valence-electron chi connectivity index (χ3n) is 6.53. The third-order valence-corrected chi connectivity index (χ3v) is 6.53. The van der Waals surface area contributed by atoms with E-state index in [2.05, 4.69) is 5.32 Å². The van der Waals surface area contributed by atoms with E-state index in [1.54, 1.807) is 0 Å². The zero-order valence-corrected chi connectivity index (χ0v) is 18.3. The summed E-state index contributed by atoms with van der Waals surface area (Å²) in [4.78, 5) is 40.3. The molecule has 2 aromatic carbocycles. The van der Waals surface area contributed by atoms with Crippen molar-refractivity contribution in [2.45, 2.75) is 31.8 Å². The zero-order valence-electron chi connectivity index (χ0n) is 18.3. The standard InChI is InChI=1S/C25H28N2O4/c1-15(2)14-25(24(30)31-4)20-19(22(28)27(3)23(20)29)21(26-25)18-12-10-17(11-13-18)16-8-6-5-7-9-16/h5-13,15,19-21,26H,14H2,1-4H3/t19-,20-,21-,25-/m1/s1. The molecule has 2 saturated heterocycles. The van der Waals surface area contributed by atoms with E-state index >= 15 is 0 Å². The molecule has 2 fully saturated rings. The highest BCUT2D eigenvalue weighted by Gasteiger charge is 2.68. The Labute approximate surface area is 182 Å². The van der Waals surface area contributed by atoms with Crippen molar-refractivity contribution in [1.29, 1.82) is 0 Å². The van der Waals surface area contributed by atoms with Crippen molar-refractivity contribution in [3.8, 4) is 11.1 Å². The van der Waals surface area contributed by atoms with E-state index in [0.29, 0.717) is 6.42 Å². The molecule has 0 bridgehead atoms. The molecule has 0 unspecified atom stereocenters. The molecule has 0 saturated carbocycles. The number of benzene rings is 2. The van der Waals surface area contributed by atoms with Crippen molar-refractivity contribution >= 4 is 17.8 Å². The summed E-state index contributed by atoms with van der Waals surface area (Å²) in [5.41, 5.74) is 1.81. The average molecular weight is 421 g/mol. The van der Waals surface area contributed by atoms with Gasteiger partial charge in [0, 0.05) is 13.1 Å². The molecule has 2 amide bonds. The van der Waals surface area contributed by atoms with Crippen molar-refractivity contribution in [1.82, 2.24) is 10.2 Å². The highest BCUT2D eigenvalue weighted by atomic mass is 16.5. The van der Waals surface area contributed by atoms with Gasteiger partial charge in [-0.2, -0.15) is 0 Å². The number of carbonyl (C=O) groups excluding carboxylic acids is 3. The van der Waals surface area contributed by atoms with Gasteiger partial charge in [-0.25, -0.2) is 0 Å². The number of rotatable bonds is 5. The van der Waals surface area contributed by atoms with Gasteiger partial charge in [0.2, 0.25) is 11.8 Å². The van der Waals surface area contributed by atoms with Crippen LogP contribution in [-0.4, -0.2) is 42.4 Å². The van der Waals surface area contributed by atoms with E-state index < -0.39 is 29.4 Å². The molecule has 0 spiro atoms. The van der Waals surface area contributed by atoms with Crippen LogP contribution in [0.4, 0.5) is 0 Å². The van der Waals surface area contributed by atoms with E-state index in [9.17, 15) is 14.4 Å². The van der Waals surface area contributed by atoms with Gasteiger partial charge in [0.25, 0.3) is 0 Å². The summed E-state index contributed by atoms with van der Waals surface area (Å²) in [5, 5.41) is 3.40. The van der Waals surface area contributed by atoms with Crippen molar-refractivity contribution < 1.29 is 19.1 Å². The molecule has 4 atom stereocenters. The Kier molecular flexibility index (Phi) is 5.43. The number of hydrogen-bond acceptors (Lipinski definition) is 5. The molecule has 2 aliphatic rings. The first kappa shape index (κ1) is 21.2. The maximum Gasteiger partial charge on any atom is 0.326 e. The topological polar surface area (TPSA) is 75.7 Å². The van der Waals surface area contributed by atoms with Crippen LogP contribution in [0.25, 0.3) is 11.1 Å². The highest BCUT2D eigenvalue weighted by Crippen LogP contribution is 2.51. The van der Waals surface area contributed by atoms with E-state index in [1.807, 2.05) is 68.4 Å². The van der Waals surface area contributed by atoms with Gasteiger partial charge in [-0.3, -0.25) is 24.6 Å². The Hall–Kier alpha value is -2.99.